The lowest BCUT2D eigenvalue weighted by molar-refractivity contribution is -0.384. The third-order valence-electron chi connectivity index (χ3n) is 4.36. The second-order valence-electron chi connectivity index (χ2n) is 6.52. The number of sulfonamides is 1. The Balaban J connectivity index is 2.26. The molecule has 0 unspecified atom stereocenters. The Bertz CT molecular complexity index is 991. The van der Waals surface area contributed by atoms with Crippen LogP contribution in [0.25, 0.3) is 0 Å². The minimum atomic E-state index is -3.88. The van der Waals surface area contributed by atoms with Gasteiger partial charge in [0.05, 0.1) is 30.0 Å². The molecule has 0 radical (unpaired) electrons. The molecule has 0 aliphatic rings. The molecule has 0 bridgehead atoms. The van der Waals surface area contributed by atoms with E-state index in [1.165, 1.54) is 25.1 Å². The van der Waals surface area contributed by atoms with Gasteiger partial charge in [-0.25, -0.2) is 8.42 Å². The van der Waals surface area contributed by atoms with Crippen molar-refractivity contribution < 1.29 is 22.9 Å². The van der Waals surface area contributed by atoms with E-state index in [0.29, 0.717) is 5.75 Å². The SMILES string of the molecule is COc1ccc([C@@H](C)NC(=O)[C@H](C)N(c2cccc([N+](=O)[O-])c2)S(C)(=O)=O)cc1. The van der Waals surface area contributed by atoms with Crippen LogP contribution in [0.15, 0.2) is 48.5 Å². The van der Waals surface area contributed by atoms with E-state index in [2.05, 4.69) is 5.32 Å². The van der Waals surface area contributed by atoms with Crippen molar-refractivity contribution in [2.75, 3.05) is 17.7 Å². The van der Waals surface area contributed by atoms with Gasteiger partial charge in [-0.1, -0.05) is 18.2 Å². The van der Waals surface area contributed by atoms with Crippen molar-refractivity contribution in [3.05, 3.63) is 64.2 Å². The van der Waals surface area contributed by atoms with Gasteiger partial charge >= 0.3 is 0 Å². The third-order valence-corrected chi connectivity index (χ3v) is 5.60. The average Bonchev–Trinajstić information content (AvgIpc) is 2.67. The first-order chi connectivity index (χ1) is 13.5. The Morgan fingerprint density at radius 1 is 1.17 bits per heavy atom. The predicted octanol–water partition coefficient (Wildman–Crippen LogP) is 2.64. The Kier molecular flexibility index (Phi) is 6.80. The maximum Gasteiger partial charge on any atom is 0.271 e. The van der Waals surface area contributed by atoms with Crippen LogP contribution in [-0.2, 0) is 14.8 Å². The van der Waals surface area contributed by atoms with E-state index in [1.807, 2.05) is 0 Å². The Morgan fingerprint density at radius 2 is 1.79 bits per heavy atom. The Hall–Kier alpha value is -3.14. The number of hydrogen-bond donors (Lipinski definition) is 1. The van der Waals surface area contributed by atoms with Gasteiger partial charge < -0.3 is 10.1 Å². The molecule has 1 N–H and O–H groups in total. The molecule has 29 heavy (non-hydrogen) atoms. The number of nitro benzene ring substituents is 1. The van der Waals surface area contributed by atoms with Crippen molar-refractivity contribution in [2.24, 2.45) is 0 Å². The molecule has 10 heteroatoms. The van der Waals surface area contributed by atoms with Crippen LogP contribution in [-0.4, -0.2) is 38.7 Å². The van der Waals surface area contributed by atoms with Gasteiger partial charge in [0.15, 0.2) is 0 Å². The summed E-state index contributed by atoms with van der Waals surface area (Å²) in [6.07, 6.45) is 0.947. The van der Waals surface area contributed by atoms with Crippen molar-refractivity contribution >= 4 is 27.3 Å². The molecule has 0 spiro atoms. The summed E-state index contributed by atoms with van der Waals surface area (Å²) in [7, 11) is -2.33. The van der Waals surface area contributed by atoms with Crippen LogP contribution < -0.4 is 14.4 Å². The van der Waals surface area contributed by atoms with Crippen LogP contribution in [0.4, 0.5) is 11.4 Å². The summed E-state index contributed by atoms with van der Waals surface area (Å²) in [5, 5.41) is 13.8. The summed E-state index contributed by atoms with van der Waals surface area (Å²) in [5.41, 5.74) is 0.587. The van der Waals surface area contributed by atoms with Crippen LogP contribution in [0.3, 0.4) is 0 Å². The first kappa shape index (κ1) is 22.2. The highest BCUT2D eigenvalue weighted by Gasteiger charge is 2.30. The van der Waals surface area contributed by atoms with Crippen molar-refractivity contribution in [1.29, 1.82) is 0 Å². The number of nitrogens with zero attached hydrogens (tertiary/aromatic N) is 2. The normalized spacial score (nSPS) is 13.2. The number of hydrogen-bond acceptors (Lipinski definition) is 6. The summed E-state index contributed by atoms with van der Waals surface area (Å²) in [5.74, 6) is 0.139. The predicted molar refractivity (Wildman–Crippen MR) is 109 cm³/mol. The van der Waals surface area contributed by atoms with Gasteiger partial charge in [-0.2, -0.15) is 0 Å². The first-order valence-electron chi connectivity index (χ1n) is 8.72. The molecule has 0 aliphatic heterocycles. The highest BCUT2D eigenvalue weighted by molar-refractivity contribution is 7.92. The molecule has 2 rings (SSSR count). The highest BCUT2D eigenvalue weighted by atomic mass is 32.2. The van der Waals surface area contributed by atoms with Gasteiger partial charge in [0.25, 0.3) is 5.69 Å². The maximum atomic E-state index is 12.8. The molecule has 2 atom stereocenters. The molecule has 0 fully saturated rings. The molecule has 0 saturated heterocycles. The molecule has 156 valence electrons. The number of methoxy groups -OCH3 is 1. The number of nitro groups is 1. The van der Waals surface area contributed by atoms with E-state index >= 15 is 0 Å². The number of carbonyl (C=O) groups is 1. The van der Waals surface area contributed by atoms with Gasteiger partial charge in [-0.05, 0) is 37.6 Å². The number of nitrogens with one attached hydrogen (secondary N) is 1. The summed E-state index contributed by atoms with van der Waals surface area (Å²) >= 11 is 0. The molecule has 0 saturated carbocycles. The van der Waals surface area contributed by atoms with Crippen molar-refractivity contribution in [3.63, 3.8) is 0 Å². The molecular weight excluding hydrogens is 398 g/mol. The van der Waals surface area contributed by atoms with E-state index < -0.39 is 26.9 Å². The molecule has 2 aromatic rings. The minimum Gasteiger partial charge on any atom is -0.497 e. The van der Waals surface area contributed by atoms with Gasteiger partial charge in [0.2, 0.25) is 15.9 Å². The largest absolute Gasteiger partial charge is 0.497 e. The highest BCUT2D eigenvalue weighted by Crippen LogP contribution is 2.26. The summed E-state index contributed by atoms with van der Waals surface area (Å²) in [6, 6.07) is 10.8. The molecule has 2 aromatic carbocycles. The molecule has 9 nitrogen and oxygen atoms in total. The van der Waals surface area contributed by atoms with E-state index in [9.17, 15) is 23.3 Å². The lowest BCUT2D eigenvalue weighted by atomic mass is 10.1. The molecule has 1 amide bonds. The zero-order valence-electron chi connectivity index (χ0n) is 16.5. The van der Waals surface area contributed by atoms with Crippen molar-refractivity contribution in [3.8, 4) is 5.75 Å². The zero-order valence-corrected chi connectivity index (χ0v) is 17.3. The fourth-order valence-corrected chi connectivity index (χ4v) is 4.03. The number of non-ortho nitro benzene ring substituents is 1. The van der Waals surface area contributed by atoms with Crippen LogP contribution in [0.1, 0.15) is 25.5 Å². The number of benzene rings is 2. The van der Waals surface area contributed by atoms with Crippen molar-refractivity contribution in [2.45, 2.75) is 25.9 Å². The van der Waals surface area contributed by atoms with E-state index in [4.69, 9.17) is 4.74 Å². The van der Waals surface area contributed by atoms with Gasteiger partial charge in [0.1, 0.15) is 11.8 Å². The van der Waals surface area contributed by atoms with Crippen LogP contribution >= 0.6 is 0 Å². The topological polar surface area (TPSA) is 119 Å². The smallest absolute Gasteiger partial charge is 0.271 e. The van der Waals surface area contributed by atoms with Gasteiger partial charge in [-0.3, -0.25) is 19.2 Å². The molecule has 0 heterocycles. The van der Waals surface area contributed by atoms with E-state index in [1.54, 1.807) is 38.3 Å². The minimum absolute atomic E-state index is 0.0430. The summed E-state index contributed by atoms with van der Waals surface area (Å²) in [6.45, 7) is 3.19. The van der Waals surface area contributed by atoms with Gasteiger partial charge in [0, 0.05) is 12.1 Å². The monoisotopic (exact) mass is 421 g/mol. The standard InChI is InChI=1S/C19H23N3O6S/c1-13(15-8-10-18(28-3)11-9-15)20-19(23)14(2)21(29(4,26)27)16-6-5-7-17(12-16)22(24)25/h5-14H,1-4H3,(H,20,23)/t13-,14+/m1/s1. The lowest BCUT2D eigenvalue weighted by Gasteiger charge is -2.29. The summed E-state index contributed by atoms with van der Waals surface area (Å²) < 4.78 is 30.7. The maximum absolute atomic E-state index is 12.8. The van der Waals surface area contributed by atoms with E-state index in [-0.39, 0.29) is 17.4 Å². The van der Waals surface area contributed by atoms with Crippen LogP contribution in [0.2, 0.25) is 0 Å². The number of ether oxygens (including phenoxy) is 1. The molecule has 0 aromatic heterocycles. The quantitative estimate of drug-likeness (QED) is 0.517. The molecular formula is C19H23N3O6S. The second-order valence-corrected chi connectivity index (χ2v) is 8.37. The second kappa shape index (κ2) is 8.91. The zero-order chi connectivity index (χ0) is 21.8. The average molecular weight is 421 g/mol. The van der Waals surface area contributed by atoms with Crippen molar-refractivity contribution in [1.82, 2.24) is 5.32 Å². The molecule has 0 aliphatic carbocycles. The lowest BCUT2D eigenvalue weighted by Crippen LogP contribution is -2.48. The number of carbonyl (C=O) groups excluding carboxylic acids is 1. The van der Waals surface area contributed by atoms with Crippen LogP contribution in [0.5, 0.6) is 5.75 Å². The number of amides is 1. The fourth-order valence-electron chi connectivity index (χ4n) is 2.86. The van der Waals surface area contributed by atoms with Crippen LogP contribution in [0, 0.1) is 10.1 Å². The number of rotatable bonds is 8. The number of anilines is 1. The summed E-state index contributed by atoms with van der Waals surface area (Å²) in [4.78, 5) is 23.2. The third kappa shape index (κ3) is 5.44. The van der Waals surface area contributed by atoms with Gasteiger partial charge in [-0.15, -0.1) is 0 Å². The fraction of sp³-hybridized carbons (Fsp3) is 0.316. The Labute approximate surface area is 169 Å². The Morgan fingerprint density at radius 3 is 2.31 bits per heavy atom. The van der Waals surface area contributed by atoms with E-state index in [0.717, 1.165) is 22.2 Å². The first-order valence-corrected chi connectivity index (χ1v) is 10.6.